The van der Waals surface area contributed by atoms with Gasteiger partial charge in [0.25, 0.3) is 0 Å². The van der Waals surface area contributed by atoms with Gasteiger partial charge in [0, 0.05) is 14.9 Å². The Kier molecular flexibility index (Phi) is 6.20. The zero-order valence-electron chi connectivity index (χ0n) is 17.1. The van der Waals surface area contributed by atoms with E-state index in [0.717, 1.165) is 36.8 Å². The molecule has 0 radical (unpaired) electrons. The minimum absolute atomic E-state index is 0.176. The molecular formula is C25H20BrNO3S. The smallest absolute Gasteiger partial charge is 0.341 e. The number of halogens is 1. The molecule has 0 aliphatic heterocycles. The number of anilines is 1. The molecule has 4 rings (SSSR count). The fourth-order valence-electron chi connectivity index (χ4n) is 3.68. The summed E-state index contributed by atoms with van der Waals surface area (Å²) in [6, 6.07) is 21.6. The van der Waals surface area contributed by atoms with Crippen LogP contribution in [0.2, 0.25) is 0 Å². The standard InChI is InChI=1S/C25H20BrNO3S/c1-15-22(17-10-12-19(26)13-11-17)23(25(29)30-2)24(31-15)27-21(28)14-18-8-5-7-16-6-3-4-9-20(16)18/h3-13H,14H2,1-2H3,(H,27,28). The van der Waals surface area contributed by atoms with Crippen molar-refractivity contribution in [1.82, 2.24) is 0 Å². The maximum atomic E-state index is 12.9. The Morgan fingerprint density at radius 2 is 1.71 bits per heavy atom. The SMILES string of the molecule is COC(=O)c1c(NC(=O)Cc2cccc3ccccc23)sc(C)c1-c1ccc(Br)cc1. The second-order valence-corrected chi connectivity index (χ2v) is 9.24. The van der Waals surface area contributed by atoms with Gasteiger partial charge in [0.1, 0.15) is 10.6 Å². The van der Waals surface area contributed by atoms with E-state index in [2.05, 4.69) is 21.2 Å². The number of methoxy groups -OCH3 is 1. The summed E-state index contributed by atoms with van der Waals surface area (Å²) < 4.78 is 5.99. The molecule has 1 aromatic heterocycles. The normalized spacial score (nSPS) is 10.8. The molecule has 0 fully saturated rings. The number of thiophene rings is 1. The molecule has 0 aliphatic carbocycles. The van der Waals surface area contributed by atoms with Gasteiger partial charge in [-0.2, -0.15) is 0 Å². The number of ether oxygens (including phenoxy) is 1. The van der Waals surface area contributed by atoms with Crippen molar-refractivity contribution in [2.75, 3.05) is 12.4 Å². The number of fused-ring (bicyclic) bond motifs is 1. The zero-order valence-corrected chi connectivity index (χ0v) is 19.5. The summed E-state index contributed by atoms with van der Waals surface area (Å²) in [4.78, 5) is 26.5. The minimum atomic E-state index is -0.470. The highest BCUT2D eigenvalue weighted by Crippen LogP contribution is 2.40. The first kappa shape index (κ1) is 21.3. The van der Waals surface area contributed by atoms with E-state index in [4.69, 9.17) is 4.74 Å². The molecule has 1 N–H and O–H groups in total. The molecular weight excluding hydrogens is 474 g/mol. The highest BCUT2D eigenvalue weighted by Gasteiger charge is 2.25. The highest BCUT2D eigenvalue weighted by atomic mass is 79.9. The van der Waals surface area contributed by atoms with Gasteiger partial charge in [-0.15, -0.1) is 11.3 Å². The highest BCUT2D eigenvalue weighted by molar-refractivity contribution is 9.10. The van der Waals surface area contributed by atoms with E-state index in [9.17, 15) is 9.59 Å². The van der Waals surface area contributed by atoms with Crippen LogP contribution >= 0.6 is 27.3 Å². The van der Waals surface area contributed by atoms with Gasteiger partial charge in [0.2, 0.25) is 5.91 Å². The fraction of sp³-hybridized carbons (Fsp3) is 0.120. The van der Waals surface area contributed by atoms with E-state index in [0.29, 0.717) is 10.6 Å². The van der Waals surface area contributed by atoms with E-state index in [1.807, 2.05) is 73.7 Å². The van der Waals surface area contributed by atoms with E-state index < -0.39 is 5.97 Å². The number of benzene rings is 3. The first-order valence-electron chi connectivity index (χ1n) is 9.72. The van der Waals surface area contributed by atoms with Crippen LogP contribution < -0.4 is 5.32 Å². The van der Waals surface area contributed by atoms with Crippen LogP contribution in [0.3, 0.4) is 0 Å². The summed E-state index contributed by atoms with van der Waals surface area (Å²) in [5.74, 6) is -0.646. The van der Waals surface area contributed by atoms with Gasteiger partial charge in [0.05, 0.1) is 13.5 Å². The largest absolute Gasteiger partial charge is 0.465 e. The second kappa shape index (κ2) is 9.04. The third-order valence-corrected chi connectivity index (χ3v) is 6.64. The van der Waals surface area contributed by atoms with Crippen molar-refractivity contribution < 1.29 is 14.3 Å². The molecule has 0 spiro atoms. The topological polar surface area (TPSA) is 55.4 Å². The Morgan fingerprint density at radius 3 is 2.45 bits per heavy atom. The van der Waals surface area contributed by atoms with Crippen molar-refractivity contribution in [3.63, 3.8) is 0 Å². The van der Waals surface area contributed by atoms with Crippen molar-refractivity contribution in [2.45, 2.75) is 13.3 Å². The Labute approximate surface area is 193 Å². The van der Waals surface area contributed by atoms with Crippen molar-refractivity contribution in [2.24, 2.45) is 0 Å². The van der Waals surface area contributed by atoms with Gasteiger partial charge < -0.3 is 10.1 Å². The molecule has 0 atom stereocenters. The zero-order chi connectivity index (χ0) is 22.0. The van der Waals surface area contributed by atoms with Crippen LogP contribution in [0.25, 0.3) is 21.9 Å². The molecule has 0 saturated heterocycles. The van der Waals surface area contributed by atoms with Crippen LogP contribution in [0.4, 0.5) is 5.00 Å². The number of carbonyl (C=O) groups excluding carboxylic acids is 2. The second-order valence-electron chi connectivity index (χ2n) is 7.10. The lowest BCUT2D eigenvalue weighted by Gasteiger charge is -2.09. The number of hydrogen-bond donors (Lipinski definition) is 1. The van der Waals surface area contributed by atoms with E-state index in [1.54, 1.807) is 0 Å². The molecule has 31 heavy (non-hydrogen) atoms. The molecule has 1 heterocycles. The Morgan fingerprint density at radius 1 is 1.00 bits per heavy atom. The minimum Gasteiger partial charge on any atom is -0.465 e. The molecule has 0 unspecified atom stereocenters. The summed E-state index contributed by atoms with van der Waals surface area (Å²) in [7, 11) is 1.35. The van der Waals surface area contributed by atoms with Gasteiger partial charge in [-0.3, -0.25) is 4.79 Å². The van der Waals surface area contributed by atoms with Crippen LogP contribution in [0.15, 0.2) is 71.2 Å². The quantitative estimate of drug-likeness (QED) is 0.318. The van der Waals surface area contributed by atoms with Gasteiger partial charge in [-0.25, -0.2) is 4.79 Å². The molecule has 6 heteroatoms. The Hall–Kier alpha value is -2.96. The Balaban J connectivity index is 1.68. The number of esters is 1. The number of amides is 1. The maximum Gasteiger partial charge on any atom is 0.341 e. The van der Waals surface area contributed by atoms with Crippen molar-refractivity contribution in [3.8, 4) is 11.1 Å². The summed E-state index contributed by atoms with van der Waals surface area (Å²) in [5, 5.41) is 5.60. The predicted molar refractivity (Wildman–Crippen MR) is 130 cm³/mol. The van der Waals surface area contributed by atoms with Gasteiger partial charge in [-0.1, -0.05) is 70.5 Å². The third kappa shape index (κ3) is 4.40. The number of hydrogen-bond acceptors (Lipinski definition) is 4. The monoisotopic (exact) mass is 493 g/mol. The first-order valence-corrected chi connectivity index (χ1v) is 11.3. The molecule has 3 aromatic carbocycles. The van der Waals surface area contributed by atoms with Gasteiger partial charge in [0.15, 0.2) is 0 Å². The molecule has 1 amide bonds. The summed E-state index contributed by atoms with van der Waals surface area (Å²) in [6.07, 6.45) is 0.215. The average Bonchev–Trinajstić information content (AvgIpc) is 3.09. The van der Waals surface area contributed by atoms with Crippen LogP contribution in [-0.4, -0.2) is 19.0 Å². The van der Waals surface area contributed by atoms with Crippen molar-refractivity contribution >= 4 is 54.9 Å². The number of rotatable bonds is 5. The van der Waals surface area contributed by atoms with Gasteiger partial charge in [-0.05, 0) is 41.0 Å². The maximum absolute atomic E-state index is 12.9. The van der Waals surface area contributed by atoms with E-state index >= 15 is 0 Å². The molecule has 0 saturated carbocycles. The van der Waals surface area contributed by atoms with E-state index in [-0.39, 0.29) is 12.3 Å². The van der Waals surface area contributed by atoms with Crippen LogP contribution in [-0.2, 0) is 16.0 Å². The summed E-state index contributed by atoms with van der Waals surface area (Å²) >= 11 is 4.82. The van der Waals surface area contributed by atoms with Crippen LogP contribution in [0.5, 0.6) is 0 Å². The molecule has 4 nitrogen and oxygen atoms in total. The first-order chi connectivity index (χ1) is 15.0. The number of nitrogens with one attached hydrogen (secondary N) is 1. The number of carbonyl (C=O) groups is 2. The lowest BCUT2D eigenvalue weighted by Crippen LogP contribution is -2.16. The summed E-state index contributed by atoms with van der Waals surface area (Å²) in [6.45, 7) is 1.94. The molecule has 0 bridgehead atoms. The fourth-order valence-corrected chi connectivity index (χ4v) is 5.03. The van der Waals surface area contributed by atoms with Crippen LogP contribution in [0.1, 0.15) is 20.8 Å². The van der Waals surface area contributed by atoms with Gasteiger partial charge >= 0.3 is 5.97 Å². The lowest BCUT2D eigenvalue weighted by atomic mass is 10.0. The summed E-state index contributed by atoms with van der Waals surface area (Å²) in [5.41, 5.74) is 3.01. The molecule has 4 aromatic rings. The predicted octanol–water partition coefficient (Wildman–Crippen LogP) is 6.61. The Bertz CT molecular complexity index is 1270. The lowest BCUT2D eigenvalue weighted by molar-refractivity contribution is -0.115. The van der Waals surface area contributed by atoms with Crippen molar-refractivity contribution in [1.29, 1.82) is 0 Å². The molecule has 0 aliphatic rings. The third-order valence-electron chi connectivity index (χ3n) is 5.09. The van der Waals surface area contributed by atoms with Crippen LogP contribution in [0, 0.1) is 6.92 Å². The number of aryl methyl sites for hydroxylation is 1. The van der Waals surface area contributed by atoms with Crippen molar-refractivity contribution in [3.05, 3.63) is 87.2 Å². The average molecular weight is 494 g/mol. The molecule has 156 valence electrons. The van der Waals surface area contributed by atoms with E-state index in [1.165, 1.54) is 18.4 Å².